The van der Waals surface area contributed by atoms with Crippen LogP contribution < -0.4 is 10.6 Å². The Bertz CT molecular complexity index is 300. The first-order chi connectivity index (χ1) is 8.18. The maximum atomic E-state index is 12.0. The summed E-state index contributed by atoms with van der Waals surface area (Å²) in [4.78, 5) is 23.0. The second-order valence-corrected chi connectivity index (χ2v) is 5.03. The van der Waals surface area contributed by atoms with Crippen LogP contribution >= 0.6 is 0 Å². The molecule has 1 aliphatic carbocycles. The van der Waals surface area contributed by atoms with Crippen LogP contribution in [0.5, 0.6) is 0 Å². The Morgan fingerprint density at radius 3 is 2.65 bits per heavy atom. The van der Waals surface area contributed by atoms with Crippen LogP contribution in [0.3, 0.4) is 0 Å². The number of carbonyl (C=O) groups is 2. The van der Waals surface area contributed by atoms with E-state index in [1.54, 1.807) is 0 Å². The molecule has 1 saturated carbocycles. The number of nitrogens with one attached hydrogen (secondary N) is 2. The van der Waals surface area contributed by atoms with Crippen LogP contribution in [-0.2, 0) is 9.59 Å². The van der Waals surface area contributed by atoms with E-state index in [0.717, 1.165) is 38.8 Å². The molecule has 2 unspecified atom stereocenters. The normalized spacial score (nSPS) is 33.3. The second kappa shape index (κ2) is 5.49. The first-order valence-corrected chi connectivity index (χ1v) is 6.42. The van der Waals surface area contributed by atoms with E-state index in [1.165, 1.54) is 0 Å². The van der Waals surface area contributed by atoms with E-state index in [0.29, 0.717) is 6.42 Å². The number of hydrogen-bond donors (Lipinski definition) is 3. The molecule has 3 atom stereocenters. The maximum absolute atomic E-state index is 12.0. The van der Waals surface area contributed by atoms with E-state index in [4.69, 9.17) is 5.11 Å². The number of carbonyl (C=O) groups excluding carboxylic acids is 1. The van der Waals surface area contributed by atoms with Gasteiger partial charge in [-0.2, -0.15) is 0 Å². The molecule has 0 radical (unpaired) electrons. The SMILES string of the molecule is O=C(O)C1CCCC1NC(=O)[C@@H]1CCCNC1. The molecule has 0 aromatic rings. The average molecular weight is 240 g/mol. The number of piperidine rings is 1. The monoisotopic (exact) mass is 240 g/mol. The molecular weight excluding hydrogens is 220 g/mol. The first-order valence-electron chi connectivity index (χ1n) is 6.42. The van der Waals surface area contributed by atoms with Gasteiger partial charge in [-0.1, -0.05) is 6.42 Å². The average Bonchev–Trinajstić information content (AvgIpc) is 2.78. The fourth-order valence-electron chi connectivity index (χ4n) is 2.80. The van der Waals surface area contributed by atoms with Gasteiger partial charge in [0, 0.05) is 12.6 Å². The largest absolute Gasteiger partial charge is 0.481 e. The van der Waals surface area contributed by atoms with Gasteiger partial charge in [-0.15, -0.1) is 0 Å². The van der Waals surface area contributed by atoms with Gasteiger partial charge < -0.3 is 15.7 Å². The second-order valence-electron chi connectivity index (χ2n) is 5.03. The molecule has 1 amide bonds. The van der Waals surface area contributed by atoms with Crippen molar-refractivity contribution in [2.45, 2.75) is 38.1 Å². The highest BCUT2D eigenvalue weighted by Gasteiger charge is 2.35. The third-order valence-electron chi connectivity index (χ3n) is 3.83. The van der Waals surface area contributed by atoms with E-state index in [-0.39, 0.29) is 17.9 Å². The predicted molar refractivity (Wildman–Crippen MR) is 62.5 cm³/mol. The lowest BCUT2D eigenvalue weighted by atomic mass is 9.97. The summed E-state index contributed by atoms with van der Waals surface area (Å²) in [5.74, 6) is -1.14. The Hall–Kier alpha value is -1.10. The van der Waals surface area contributed by atoms with Gasteiger partial charge in [0.25, 0.3) is 0 Å². The van der Waals surface area contributed by atoms with Crippen molar-refractivity contribution in [2.75, 3.05) is 13.1 Å². The minimum absolute atomic E-state index is 0.0128. The smallest absolute Gasteiger partial charge is 0.308 e. The van der Waals surface area contributed by atoms with E-state index in [1.807, 2.05) is 0 Å². The van der Waals surface area contributed by atoms with Crippen molar-refractivity contribution in [3.63, 3.8) is 0 Å². The van der Waals surface area contributed by atoms with Crippen LogP contribution in [0.1, 0.15) is 32.1 Å². The topological polar surface area (TPSA) is 78.4 Å². The Morgan fingerprint density at radius 1 is 1.18 bits per heavy atom. The van der Waals surface area contributed by atoms with Gasteiger partial charge in [0.15, 0.2) is 0 Å². The zero-order valence-corrected chi connectivity index (χ0v) is 9.95. The van der Waals surface area contributed by atoms with Crippen LogP contribution in [0.2, 0.25) is 0 Å². The van der Waals surface area contributed by atoms with E-state index >= 15 is 0 Å². The molecule has 0 aromatic carbocycles. The van der Waals surface area contributed by atoms with Gasteiger partial charge in [0.05, 0.1) is 11.8 Å². The molecule has 0 aromatic heterocycles. The van der Waals surface area contributed by atoms with Gasteiger partial charge in [-0.3, -0.25) is 9.59 Å². The highest BCUT2D eigenvalue weighted by Crippen LogP contribution is 2.26. The van der Waals surface area contributed by atoms with E-state index < -0.39 is 11.9 Å². The summed E-state index contributed by atoms with van der Waals surface area (Å²) in [6.07, 6.45) is 4.30. The van der Waals surface area contributed by atoms with Crippen molar-refractivity contribution >= 4 is 11.9 Å². The molecule has 2 fully saturated rings. The zero-order valence-electron chi connectivity index (χ0n) is 9.95. The number of carboxylic acids is 1. The summed E-state index contributed by atoms with van der Waals surface area (Å²) in [6, 6.07) is -0.165. The molecule has 5 nitrogen and oxygen atoms in total. The summed E-state index contributed by atoms with van der Waals surface area (Å²) < 4.78 is 0. The molecule has 0 spiro atoms. The van der Waals surface area contributed by atoms with Gasteiger partial charge >= 0.3 is 5.97 Å². The highest BCUT2D eigenvalue weighted by atomic mass is 16.4. The van der Waals surface area contributed by atoms with Crippen molar-refractivity contribution < 1.29 is 14.7 Å². The van der Waals surface area contributed by atoms with Gasteiger partial charge in [0.1, 0.15) is 0 Å². The van der Waals surface area contributed by atoms with Crippen molar-refractivity contribution in [1.82, 2.24) is 10.6 Å². The summed E-state index contributed by atoms with van der Waals surface area (Å²) >= 11 is 0. The molecule has 5 heteroatoms. The van der Waals surface area contributed by atoms with Crippen molar-refractivity contribution in [2.24, 2.45) is 11.8 Å². The van der Waals surface area contributed by atoms with Crippen LogP contribution in [0, 0.1) is 11.8 Å². The van der Waals surface area contributed by atoms with E-state index in [9.17, 15) is 9.59 Å². The molecule has 17 heavy (non-hydrogen) atoms. The highest BCUT2D eigenvalue weighted by molar-refractivity contribution is 5.80. The van der Waals surface area contributed by atoms with Gasteiger partial charge in [-0.05, 0) is 32.2 Å². The molecule has 2 aliphatic rings. The van der Waals surface area contributed by atoms with Crippen molar-refractivity contribution in [3.8, 4) is 0 Å². The molecular formula is C12H20N2O3. The maximum Gasteiger partial charge on any atom is 0.308 e. The fourth-order valence-corrected chi connectivity index (χ4v) is 2.80. The van der Waals surface area contributed by atoms with E-state index in [2.05, 4.69) is 10.6 Å². The summed E-state index contributed by atoms with van der Waals surface area (Å²) in [5.41, 5.74) is 0. The van der Waals surface area contributed by atoms with Crippen LogP contribution in [0.4, 0.5) is 0 Å². The lowest BCUT2D eigenvalue weighted by Crippen LogP contribution is -2.46. The number of hydrogen-bond acceptors (Lipinski definition) is 3. The molecule has 3 N–H and O–H groups in total. The van der Waals surface area contributed by atoms with Gasteiger partial charge in [-0.25, -0.2) is 0 Å². The summed E-state index contributed by atoms with van der Waals surface area (Å²) in [5, 5.41) is 15.2. The standard InChI is InChI=1S/C12H20N2O3/c15-11(8-3-2-6-13-7-8)14-10-5-1-4-9(10)12(16)17/h8-10,13H,1-7H2,(H,14,15)(H,16,17)/t8-,9?,10?/m1/s1. The van der Waals surface area contributed by atoms with Gasteiger partial charge in [0.2, 0.25) is 5.91 Å². The number of amides is 1. The minimum atomic E-state index is -0.783. The Labute approximate surface area is 101 Å². The first kappa shape index (κ1) is 12.4. The summed E-state index contributed by atoms with van der Waals surface area (Å²) in [7, 11) is 0. The molecule has 0 bridgehead atoms. The Balaban J connectivity index is 1.86. The molecule has 1 aliphatic heterocycles. The lowest BCUT2D eigenvalue weighted by molar-refractivity contribution is -0.142. The third kappa shape index (κ3) is 2.97. The van der Waals surface area contributed by atoms with Crippen molar-refractivity contribution in [1.29, 1.82) is 0 Å². The molecule has 96 valence electrons. The predicted octanol–water partition coefficient (Wildman–Crippen LogP) is 0.356. The Morgan fingerprint density at radius 2 is 2.00 bits per heavy atom. The van der Waals surface area contributed by atoms with Crippen LogP contribution in [0.25, 0.3) is 0 Å². The molecule has 1 saturated heterocycles. The zero-order chi connectivity index (χ0) is 12.3. The number of carboxylic acid groups (broad SMARTS) is 1. The number of aliphatic carboxylic acids is 1. The lowest BCUT2D eigenvalue weighted by Gasteiger charge is -2.25. The third-order valence-corrected chi connectivity index (χ3v) is 3.83. The Kier molecular flexibility index (Phi) is 3.99. The van der Waals surface area contributed by atoms with Crippen LogP contribution in [0.15, 0.2) is 0 Å². The fraction of sp³-hybridized carbons (Fsp3) is 0.833. The van der Waals surface area contributed by atoms with Crippen molar-refractivity contribution in [3.05, 3.63) is 0 Å². The summed E-state index contributed by atoms with van der Waals surface area (Å²) in [6.45, 7) is 1.70. The number of rotatable bonds is 3. The quantitative estimate of drug-likeness (QED) is 0.665. The molecule has 2 rings (SSSR count). The minimum Gasteiger partial charge on any atom is -0.481 e. The van der Waals surface area contributed by atoms with Crippen LogP contribution in [-0.4, -0.2) is 36.1 Å². The molecule has 1 heterocycles.